The third-order valence-electron chi connectivity index (χ3n) is 4.33. The lowest BCUT2D eigenvalue weighted by Gasteiger charge is -2.16. The van der Waals surface area contributed by atoms with E-state index in [2.05, 4.69) is 5.32 Å². The van der Waals surface area contributed by atoms with E-state index in [1.165, 1.54) is 7.11 Å². The molecule has 28 heavy (non-hydrogen) atoms. The summed E-state index contributed by atoms with van der Waals surface area (Å²) in [6, 6.07) is 18.6. The number of amides is 1. The number of benzene rings is 3. The molecule has 0 heterocycles. The molecule has 0 bridgehead atoms. The van der Waals surface area contributed by atoms with Gasteiger partial charge in [-0.05, 0) is 42.8 Å². The molecule has 0 unspecified atom stereocenters. The molecular weight excluding hydrogens is 374 g/mol. The van der Waals surface area contributed by atoms with E-state index in [1.807, 2.05) is 54.8 Å². The Balaban J connectivity index is 1.73. The van der Waals surface area contributed by atoms with Gasteiger partial charge in [0.25, 0.3) is 5.91 Å². The van der Waals surface area contributed by atoms with Crippen LogP contribution in [0.1, 0.15) is 17.3 Å². The van der Waals surface area contributed by atoms with Crippen molar-refractivity contribution in [2.75, 3.05) is 18.7 Å². The summed E-state index contributed by atoms with van der Waals surface area (Å²) in [5.41, 5.74) is 0.956. The zero-order valence-electron chi connectivity index (χ0n) is 15.9. The highest BCUT2D eigenvalue weighted by molar-refractivity contribution is 7.98. The summed E-state index contributed by atoms with van der Waals surface area (Å²) in [5.74, 6) is -0.590. The Labute approximate surface area is 168 Å². The molecule has 1 amide bonds. The van der Waals surface area contributed by atoms with Crippen LogP contribution in [-0.4, -0.2) is 31.3 Å². The van der Waals surface area contributed by atoms with E-state index in [9.17, 15) is 9.59 Å². The largest absolute Gasteiger partial charge is 0.496 e. The Kier molecular flexibility index (Phi) is 6.21. The van der Waals surface area contributed by atoms with E-state index in [4.69, 9.17) is 9.47 Å². The normalized spacial score (nSPS) is 11.7. The third kappa shape index (κ3) is 4.28. The van der Waals surface area contributed by atoms with Gasteiger partial charge < -0.3 is 14.8 Å². The molecule has 3 aromatic carbocycles. The summed E-state index contributed by atoms with van der Waals surface area (Å²) >= 11 is 1.54. The van der Waals surface area contributed by atoms with Gasteiger partial charge in [-0.2, -0.15) is 0 Å². The van der Waals surface area contributed by atoms with Crippen LogP contribution in [0.15, 0.2) is 65.6 Å². The van der Waals surface area contributed by atoms with Crippen molar-refractivity contribution in [2.45, 2.75) is 17.9 Å². The fourth-order valence-corrected chi connectivity index (χ4v) is 3.24. The first kappa shape index (κ1) is 19.8. The number of nitrogens with one attached hydrogen (secondary N) is 1. The summed E-state index contributed by atoms with van der Waals surface area (Å²) in [6.07, 6.45) is 0.975. The summed E-state index contributed by atoms with van der Waals surface area (Å²) in [4.78, 5) is 26.0. The van der Waals surface area contributed by atoms with Gasteiger partial charge in [-0.25, -0.2) is 4.79 Å². The Hall–Kier alpha value is -2.99. The standard InChI is InChI=1S/C22H21NO4S/c1-14(27-22(25)18-12-11-16(28-3)13-20(18)26-2)21(24)23-19-10-6-8-15-7-4-5-9-17(15)19/h4-14H,1-3H3,(H,23,24)/t14-/m0/s1. The predicted octanol–water partition coefficient (Wildman–Crippen LogP) is 4.75. The van der Waals surface area contributed by atoms with Crippen molar-refractivity contribution in [3.05, 3.63) is 66.2 Å². The van der Waals surface area contributed by atoms with Crippen LogP contribution in [0.5, 0.6) is 5.75 Å². The number of fused-ring (bicyclic) bond motifs is 1. The van der Waals surface area contributed by atoms with Gasteiger partial charge >= 0.3 is 5.97 Å². The number of methoxy groups -OCH3 is 1. The maximum atomic E-state index is 12.6. The van der Waals surface area contributed by atoms with Gasteiger partial charge in [0.05, 0.1) is 7.11 Å². The van der Waals surface area contributed by atoms with Gasteiger partial charge in [-0.1, -0.05) is 36.4 Å². The molecule has 144 valence electrons. The van der Waals surface area contributed by atoms with E-state index < -0.39 is 18.0 Å². The fourth-order valence-electron chi connectivity index (χ4n) is 2.81. The molecule has 0 saturated carbocycles. The summed E-state index contributed by atoms with van der Waals surface area (Å²) in [7, 11) is 1.49. The van der Waals surface area contributed by atoms with Crippen LogP contribution in [0.2, 0.25) is 0 Å². The van der Waals surface area contributed by atoms with Crippen LogP contribution in [-0.2, 0) is 9.53 Å². The molecule has 5 nitrogen and oxygen atoms in total. The van der Waals surface area contributed by atoms with E-state index in [0.717, 1.165) is 15.7 Å². The van der Waals surface area contributed by atoms with Crippen LogP contribution >= 0.6 is 11.8 Å². The molecule has 0 saturated heterocycles. The molecule has 3 aromatic rings. The van der Waals surface area contributed by atoms with Crippen LogP contribution in [0.3, 0.4) is 0 Å². The van der Waals surface area contributed by atoms with Crippen molar-refractivity contribution < 1.29 is 19.1 Å². The summed E-state index contributed by atoms with van der Waals surface area (Å²) in [6.45, 7) is 1.54. The van der Waals surface area contributed by atoms with Crippen LogP contribution in [0.25, 0.3) is 10.8 Å². The van der Waals surface area contributed by atoms with Crippen LogP contribution < -0.4 is 10.1 Å². The molecule has 0 aliphatic heterocycles. The molecule has 0 aliphatic rings. The van der Waals surface area contributed by atoms with E-state index in [0.29, 0.717) is 11.4 Å². The van der Waals surface area contributed by atoms with Crippen molar-refractivity contribution in [1.82, 2.24) is 0 Å². The first-order chi connectivity index (χ1) is 13.5. The second kappa shape index (κ2) is 8.80. The van der Waals surface area contributed by atoms with Crippen molar-refractivity contribution >= 4 is 40.1 Å². The molecule has 3 rings (SSSR count). The minimum atomic E-state index is -0.962. The lowest BCUT2D eigenvalue weighted by atomic mass is 10.1. The van der Waals surface area contributed by atoms with Crippen molar-refractivity contribution in [3.8, 4) is 5.75 Å². The van der Waals surface area contributed by atoms with Crippen molar-refractivity contribution in [1.29, 1.82) is 0 Å². The average molecular weight is 395 g/mol. The molecule has 0 aromatic heterocycles. The fraction of sp³-hybridized carbons (Fsp3) is 0.182. The number of hydrogen-bond donors (Lipinski definition) is 1. The lowest BCUT2D eigenvalue weighted by Crippen LogP contribution is -2.30. The lowest BCUT2D eigenvalue weighted by molar-refractivity contribution is -0.123. The maximum absolute atomic E-state index is 12.6. The average Bonchev–Trinajstić information content (AvgIpc) is 2.73. The SMILES string of the molecule is COc1cc(SC)ccc1C(=O)O[C@@H](C)C(=O)Nc1cccc2ccccc12. The maximum Gasteiger partial charge on any atom is 0.342 e. The van der Waals surface area contributed by atoms with Crippen molar-refractivity contribution in [3.63, 3.8) is 0 Å². The molecule has 0 radical (unpaired) electrons. The summed E-state index contributed by atoms with van der Waals surface area (Å²) < 4.78 is 10.6. The zero-order valence-corrected chi connectivity index (χ0v) is 16.7. The smallest absolute Gasteiger partial charge is 0.342 e. The number of rotatable bonds is 6. The van der Waals surface area contributed by atoms with Gasteiger partial charge in [0.2, 0.25) is 0 Å². The highest BCUT2D eigenvalue weighted by Crippen LogP contribution is 2.27. The topological polar surface area (TPSA) is 64.6 Å². The van der Waals surface area contributed by atoms with E-state index in [1.54, 1.807) is 30.8 Å². The number of carbonyl (C=O) groups excluding carboxylic acids is 2. The van der Waals surface area contributed by atoms with Crippen LogP contribution in [0, 0.1) is 0 Å². The minimum Gasteiger partial charge on any atom is -0.496 e. The highest BCUT2D eigenvalue weighted by Gasteiger charge is 2.22. The van der Waals surface area contributed by atoms with Gasteiger partial charge in [0.15, 0.2) is 6.10 Å². The Morgan fingerprint density at radius 2 is 1.79 bits per heavy atom. The van der Waals surface area contributed by atoms with Crippen LogP contribution in [0.4, 0.5) is 5.69 Å². The first-order valence-electron chi connectivity index (χ1n) is 8.75. The molecule has 0 aliphatic carbocycles. The van der Waals surface area contributed by atoms with Gasteiger partial charge in [-0.15, -0.1) is 11.8 Å². The third-order valence-corrected chi connectivity index (χ3v) is 5.05. The number of thioether (sulfide) groups is 1. The molecule has 6 heteroatoms. The van der Waals surface area contributed by atoms with Crippen molar-refractivity contribution in [2.24, 2.45) is 0 Å². The molecular formula is C22H21NO4S. The number of hydrogen-bond acceptors (Lipinski definition) is 5. The quantitative estimate of drug-likeness (QED) is 0.482. The molecule has 0 spiro atoms. The Bertz CT molecular complexity index is 1010. The summed E-state index contributed by atoms with van der Waals surface area (Å²) in [5, 5.41) is 4.78. The Morgan fingerprint density at radius 1 is 1.04 bits per heavy atom. The number of esters is 1. The molecule has 0 fully saturated rings. The number of ether oxygens (including phenoxy) is 2. The molecule has 1 atom stereocenters. The Morgan fingerprint density at radius 3 is 2.54 bits per heavy atom. The molecule has 1 N–H and O–H groups in total. The number of carbonyl (C=O) groups is 2. The van der Waals surface area contributed by atoms with Gasteiger partial charge in [-0.3, -0.25) is 4.79 Å². The second-order valence-electron chi connectivity index (χ2n) is 6.13. The highest BCUT2D eigenvalue weighted by atomic mass is 32.2. The predicted molar refractivity (Wildman–Crippen MR) is 112 cm³/mol. The van der Waals surface area contributed by atoms with Gasteiger partial charge in [0, 0.05) is 16.0 Å². The minimum absolute atomic E-state index is 0.283. The number of anilines is 1. The first-order valence-corrected chi connectivity index (χ1v) is 9.97. The van der Waals surface area contributed by atoms with E-state index >= 15 is 0 Å². The van der Waals surface area contributed by atoms with E-state index in [-0.39, 0.29) is 5.56 Å². The zero-order chi connectivity index (χ0) is 20.1. The second-order valence-corrected chi connectivity index (χ2v) is 7.01. The monoisotopic (exact) mass is 395 g/mol. The van der Waals surface area contributed by atoms with Gasteiger partial charge in [0.1, 0.15) is 11.3 Å².